The van der Waals surface area contributed by atoms with Crippen molar-refractivity contribution in [3.8, 4) is 5.75 Å². The topological polar surface area (TPSA) is 41.7 Å². The molecule has 1 heterocycles. The molecule has 0 bridgehead atoms. The van der Waals surface area contributed by atoms with Crippen LogP contribution in [0.15, 0.2) is 24.3 Å². The van der Waals surface area contributed by atoms with Crippen molar-refractivity contribution in [3.63, 3.8) is 0 Å². The highest BCUT2D eigenvalue weighted by atomic mass is 17.1. The van der Waals surface area contributed by atoms with Crippen LogP contribution in [0.25, 0.3) is 0 Å². The Morgan fingerprint density at radius 1 is 1.42 bits per heavy atom. The zero-order valence-electron chi connectivity index (χ0n) is 6.53. The summed E-state index contributed by atoms with van der Waals surface area (Å²) in [7, 11) is 0. The van der Waals surface area contributed by atoms with Crippen molar-refractivity contribution in [1.29, 1.82) is 0 Å². The van der Waals surface area contributed by atoms with Gasteiger partial charge < -0.3 is 9.62 Å². The van der Waals surface area contributed by atoms with Gasteiger partial charge in [0.15, 0.2) is 5.75 Å². The largest absolute Gasteiger partial charge is 0.373 e. The van der Waals surface area contributed by atoms with Crippen molar-refractivity contribution in [3.05, 3.63) is 29.8 Å². The van der Waals surface area contributed by atoms with Gasteiger partial charge in [0, 0.05) is 11.7 Å². The van der Waals surface area contributed by atoms with Gasteiger partial charge in [-0.05, 0) is 17.7 Å². The number of benzene rings is 1. The molecular formula is C9H9O3. The molecule has 0 saturated carbocycles. The molecule has 0 aliphatic carbocycles. The molecule has 1 unspecified atom stereocenters. The van der Waals surface area contributed by atoms with Crippen LogP contribution in [0.5, 0.6) is 5.75 Å². The molecule has 12 heavy (non-hydrogen) atoms. The Morgan fingerprint density at radius 2 is 2.08 bits per heavy atom. The van der Waals surface area contributed by atoms with Gasteiger partial charge in [-0.3, -0.25) is 0 Å². The van der Waals surface area contributed by atoms with Gasteiger partial charge in [-0.15, -0.1) is 0 Å². The van der Waals surface area contributed by atoms with Crippen LogP contribution >= 0.6 is 0 Å². The van der Waals surface area contributed by atoms with Gasteiger partial charge >= 0.3 is 0 Å². The predicted octanol–water partition coefficient (Wildman–Crippen LogP) is 1.35. The minimum atomic E-state index is 0.357. The summed E-state index contributed by atoms with van der Waals surface area (Å²) in [5.41, 5.74) is 1.18. The summed E-state index contributed by atoms with van der Waals surface area (Å²) in [5.74, 6) is 0.357. The van der Waals surface area contributed by atoms with Gasteiger partial charge in [-0.25, -0.2) is 0 Å². The summed E-state index contributed by atoms with van der Waals surface area (Å²) in [5, 5.41) is 9.95. The first-order valence-corrected chi connectivity index (χ1v) is 3.89. The second-order valence-electron chi connectivity index (χ2n) is 2.89. The van der Waals surface area contributed by atoms with Crippen molar-refractivity contribution in [2.45, 2.75) is 12.5 Å². The molecule has 3 heteroatoms. The molecule has 3 nitrogen and oxygen atoms in total. The zero-order chi connectivity index (χ0) is 8.39. The summed E-state index contributed by atoms with van der Waals surface area (Å²) >= 11 is 0. The fraction of sp³-hybridized carbons (Fsp3) is 0.333. The number of rotatable bonds is 3. The van der Waals surface area contributed by atoms with Gasteiger partial charge in [0.1, 0.15) is 0 Å². The normalized spacial score (nSPS) is 20.6. The standard InChI is InChI=1S/C9H9O3/c10-12-8-3-1-7(2-4-8)5-9-6-11-9/h1-4,9H,5-6H2. The van der Waals surface area contributed by atoms with Gasteiger partial charge in [-0.2, -0.15) is 0 Å². The van der Waals surface area contributed by atoms with Gasteiger partial charge in [0.2, 0.25) is 0 Å². The average Bonchev–Trinajstić information content (AvgIpc) is 2.90. The maximum absolute atomic E-state index is 9.95. The lowest BCUT2D eigenvalue weighted by Crippen LogP contribution is -1.92. The summed E-state index contributed by atoms with van der Waals surface area (Å²) in [6.07, 6.45) is 1.32. The summed E-state index contributed by atoms with van der Waals surface area (Å²) in [6.45, 7) is 0.861. The first-order valence-electron chi connectivity index (χ1n) is 3.89. The Morgan fingerprint density at radius 3 is 2.58 bits per heavy atom. The van der Waals surface area contributed by atoms with Crippen LogP contribution in [0.1, 0.15) is 5.56 Å². The minimum Gasteiger partial charge on any atom is -0.373 e. The van der Waals surface area contributed by atoms with Crippen molar-refractivity contribution in [1.82, 2.24) is 0 Å². The zero-order valence-corrected chi connectivity index (χ0v) is 6.53. The average molecular weight is 165 g/mol. The molecule has 2 rings (SSSR count). The van der Waals surface area contributed by atoms with Crippen LogP contribution in [-0.4, -0.2) is 12.7 Å². The fourth-order valence-electron chi connectivity index (χ4n) is 1.13. The third kappa shape index (κ3) is 1.75. The van der Waals surface area contributed by atoms with Crippen molar-refractivity contribution >= 4 is 0 Å². The molecule has 1 aliphatic rings. The van der Waals surface area contributed by atoms with Crippen molar-refractivity contribution in [2.75, 3.05) is 6.61 Å². The Hall–Kier alpha value is -1.06. The lowest BCUT2D eigenvalue weighted by Gasteiger charge is -1.97. The van der Waals surface area contributed by atoms with E-state index in [1.807, 2.05) is 12.1 Å². The van der Waals surface area contributed by atoms with E-state index in [0.29, 0.717) is 11.9 Å². The quantitative estimate of drug-likeness (QED) is 0.385. The minimum absolute atomic E-state index is 0.357. The van der Waals surface area contributed by atoms with Crippen LogP contribution in [0, 0.1) is 0 Å². The Labute approximate surface area is 70.5 Å². The lowest BCUT2D eigenvalue weighted by molar-refractivity contribution is -0.208. The maximum atomic E-state index is 9.95. The molecule has 1 aromatic rings. The lowest BCUT2D eigenvalue weighted by atomic mass is 10.1. The molecular weight excluding hydrogens is 156 g/mol. The third-order valence-electron chi connectivity index (χ3n) is 1.89. The van der Waals surface area contributed by atoms with Crippen LogP contribution in [0.2, 0.25) is 0 Å². The highest BCUT2D eigenvalue weighted by Crippen LogP contribution is 2.18. The molecule has 1 radical (unpaired) electrons. The predicted molar refractivity (Wildman–Crippen MR) is 41.2 cm³/mol. The van der Waals surface area contributed by atoms with Crippen molar-refractivity contribution in [2.24, 2.45) is 0 Å². The first-order chi connectivity index (χ1) is 5.88. The molecule has 0 spiro atoms. The van der Waals surface area contributed by atoms with Crippen LogP contribution in [0.3, 0.4) is 0 Å². The molecule has 1 aromatic carbocycles. The maximum Gasteiger partial charge on any atom is 0.168 e. The van der Waals surface area contributed by atoms with E-state index in [1.54, 1.807) is 12.1 Å². The van der Waals surface area contributed by atoms with Gasteiger partial charge in [0.05, 0.1) is 12.7 Å². The smallest absolute Gasteiger partial charge is 0.168 e. The van der Waals surface area contributed by atoms with E-state index in [1.165, 1.54) is 5.56 Å². The fourth-order valence-corrected chi connectivity index (χ4v) is 1.13. The number of hydrogen-bond acceptors (Lipinski definition) is 2. The monoisotopic (exact) mass is 165 g/mol. The second kappa shape index (κ2) is 3.13. The third-order valence-corrected chi connectivity index (χ3v) is 1.89. The number of epoxide rings is 1. The SMILES string of the molecule is [O]Oc1ccc(CC2CO2)cc1. The van der Waals surface area contributed by atoms with E-state index in [4.69, 9.17) is 4.74 Å². The van der Waals surface area contributed by atoms with E-state index < -0.39 is 0 Å². The Kier molecular flexibility index (Phi) is 1.98. The second-order valence-corrected chi connectivity index (χ2v) is 2.89. The van der Waals surface area contributed by atoms with E-state index in [0.717, 1.165) is 13.0 Å². The molecule has 0 aromatic heterocycles. The molecule has 0 N–H and O–H groups in total. The van der Waals surface area contributed by atoms with E-state index in [9.17, 15) is 5.26 Å². The number of ether oxygens (including phenoxy) is 1. The molecule has 1 atom stereocenters. The molecule has 1 fully saturated rings. The van der Waals surface area contributed by atoms with Crippen LogP contribution in [-0.2, 0) is 16.4 Å². The molecule has 1 saturated heterocycles. The van der Waals surface area contributed by atoms with Gasteiger partial charge in [-0.1, -0.05) is 12.1 Å². The Bertz CT molecular complexity index is 251. The molecule has 0 amide bonds. The molecule has 63 valence electrons. The molecule has 1 aliphatic heterocycles. The Balaban J connectivity index is 2.02. The highest BCUT2D eigenvalue weighted by molar-refractivity contribution is 5.27. The van der Waals surface area contributed by atoms with E-state index in [2.05, 4.69) is 4.89 Å². The summed E-state index contributed by atoms with van der Waals surface area (Å²) in [4.78, 5) is 3.81. The summed E-state index contributed by atoms with van der Waals surface area (Å²) < 4.78 is 5.08. The van der Waals surface area contributed by atoms with E-state index >= 15 is 0 Å². The first kappa shape index (κ1) is 7.58. The van der Waals surface area contributed by atoms with Crippen LogP contribution < -0.4 is 4.89 Å². The van der Waals surface area contributed by atoms with Crippen molar-refractivity contribution < 1.29 is 14.9 Å². The number of hydrogen-bond donors (Lipinski definition) is 0. The van der Waals surface area contributed by atoms with Gasteiger partial charge in [0.25, 0.3) is 0 Å². The highest BCUT2D eigenvalue weighted by Gasteiger charge is 2.22. The summed E-state index contributed by atoms with van der Waals surface area (Å²) in [6, 6.07) is 7.11. The van der Waals surface area contributed by atoms with Crippen LogP contribution in [0.4, 0.5) is 0 Å². The van der Waals surface area contributed by atoms with E-state index in [-0.39, 0.29) is 0 Å².